The summed E-state index contributed by atoms with van der Waals surface area (Å²) in [5, 5.41) is 0. The maximum absolute atomic E-state index is 12.5. The van der Waals surface area contributed by atoms with E-state index < -0.39 is 12.3 Å². The molecule has 1 rings (SSSR count). The third-order valence-electron chi connectivity index (χ3n) is 2.33. The van der Waals surface area contributed by atoms with E-state index in [0.717, 1.165) is 5.56 Å². The first kappa shape index (κ1) is 11.9. The molecule has 1 atom stereocenters. The van der Waals surface area contributed by atoms with Crippen LogP contribution in [0.5, 0.6) is 5.75 Å². The number of hydrogen-bond donors (Lipinski definition) is 1. The summed E-state index contributed by atoms with van der Waals surface area (Å²) in [7, 11) is 1.53. The number of methoxy groups -OCH3 is 1. The van der Waals surface area contributed by atoms with Crippen molar-refractivity contribution in [2.75, 3.05) is 13.7 Å². The van der Waals surface area contributed by atoms with Gasteiger partial charge in [-0.15, -0.1) is 0 Å². The molecule has 0 heterocycles. The van der Waals surface area contributed by atoms with Gasteiger partial charge >= 0.3 is 0 Å². The molecule has 15 heavy (non-hydrogen) atoms. The molecule has 1 unspecified atom stereocenters. The van der Waals surface area contributed by atoms with Gasteiger partial charge in [-0.25, -0.2) is 8.78 Å². The normalized spacial score (nSPS) is 12.9. The third kappa shape index (κ3) is 3.16. The van der Waals surface area contributed by atoms with E-state index in [4.69, 9.17) is 10.5 Å². The molecule has 0 radical (unpaired) electrons. The Morgan fingerprint density at radius 1 is 1.33 bits per heavy atom. The Balaban J connectivity index is 2.78. The zero-order valence-electron chi connectivity index (χ0n) is 8.62. The van der Waals surface area contributed by atoms with Gasteiger partial charge in [0.15, 0.2) is 0 Å². The van der Waals surface area contributed by atoms with Crippen molar-refractivity contribution in [1.29, 1.82) is 0 Å². The summed E-state index contributed by atoms with van der Waals surface area (Å²) in [6.45, 7) is -0.0181. The molecule has 2 nitrogen and oxygen atoms in total. The van der Waals surface area contributed by atoms with Crippen LogP contribution in [0.2, 0.25) is 0 Å². The predicted octanol–water partition coefficient (Wildman–Crippen LogP) is 2.08. The predicted molar refractivity (Wildman–Crippen MR) is 55.2 cm³/mol. The molecule has 0 saturated carbocycles. The molecule has 84 valence electrons. The zero-order chi connectivity index (χ0) is 11.3. The average Bonchev–Trinajstić information content (AvgIpc) is 2.25. The molecule has 0 aromatic heterocycles. The number of hydrogen-bond acceptors (Lipinski definition) is 2. The lowest BCUT2D eigenvalue weighted by molar-refractivity contribution is 0.0811. The van der Waals surface area contributed by atoms with Gasteiger partial charge in [0.2, 0.25) is 6.43 Å². The minimum Gasteiger partial charge on any atom is -0.496 e. The summed E-state index contributed by atoms with van der Waals surface area (Å²) in [6, 6.07) is 7.15. The summed E-state index contributed by atoms with van der Waals surface area (Å²) in [5.41, 5.74) is 6.07. The summed E-state index contributed by atoms with van der Waals surface area (Å²) in [4.78, 5) is 0. The summed E-state index contributed by atoms with van der Waals surface area (Å²) in [6.07, 6.45) is -2.14. The van der Waals surface area contributed by atoms with Crippen molar-refractivity contribution < 1.29 is 13.5 Å². The Labute approximate surface area is 88.0 Å². The fourth-order valence-corrected chi connectivity index (χ4v) is 1.43. The van der Waals surface area contributed by atoms with Crippen molar-refractivity contribution in [3.63, 3.8) is 0 Å². The van der Waals surface area contributed by atoms with E-state index >= 15 is 0 Å². The second kappa shape index (κ2) is 5.66. The number of ether oxygens (including phenoxy) is 1. The highest BCUT2D eigenvalue weighted by Gasteiger charge is 2.20. The average molecular weight is 215 g/mol. The minimum atomic E-state index is -2.39. The highest BCUT2D eigenvalue weighted by molar-refractivity contribution is 5.33. The van der Waals surface area contributed by atoms with Crippen molar-refractivity contribution in [3.8, 4) is 5.75 Å². The fourth-order valence-electron chi connectivity index (χ4n) is 1.43. The molecule has 0 aliphatic carbocycles. The molecule has 4 heteroatoms. The van der Waals surface area contributed by atoms with Crippen LogP contribution in [0.1, 0.15) is 5.56 Å². The van der Waals surface area contributed by atoms with Crippen LogP contribution >= 0.6 is 0 Å². The Bertz CT molecular complexity index is 304. The maximum Gasteiger partial charge on any atom is 0.242 e. The van der Waals surface area contributed by atoms with Gasteiger partial charge in [0, 0.05) is 12.5 Å². The van der Waals surface area contributed by atoms with Gasteiger partial charge in [0.1, 0.15) is 5.75 Å². The lowest BCUT2D eigenvalue weighted by Crippen LogP contribution is -2.24. The Kier molecular flexibility index (Phi) is 4.49. The fraction of sp³-hybridized carbons (Fsp3) is 0.455. The molecule has 0 fully saturated rings. The van der Waals surface area contributed by atoms with Crippen molar-refractivity contribution in [3.05, 3.63) is 29.8 Å². The molecule has 1 aromatic rings. The van der Waals surface area contributed by atoms with Crippen molar-refractivity contribution in [2.45, 2.75) is 12.8 Å². The number of para-hydroxylation sites is 1. The van der Waals surface area contributed by atoms with E-state index in [0.29, 0.717) is 5.75 Å². The quantitative estimate of drug-likeness (QED) is 0.816. The second-order valence-corrected chi connectivity index (χ2v) is 3.35. The van der Waals surface area contributed by atoms with Gasteiger partial charge in [-0.2, -0.15) is 0 Å². The van der Waals surface area contributed by atoms with E-state index in [1.807, 2.05) is 6.07 Å². The smallest absolute Gasteiger partial charge is 0.242 e. The van der Waals surface area contributed by atoms with Gasteiger partial charge in [-0.05, 0) is 18.1 Å². The minimum absolute atomic E-state index is 0.0181. The molecular weight excluding hydrogens is 200 g/mol. The first-order valence-corrected chi connectivity index (χ1v) is 4.79. The lowest BCUT2D eigenvalue weighted by atomic mass is 9.99. The maximum atomic E-state index is 12.5. The largest absolute Gasteiger partial charge is 0.496 e. The van der Waals surface area contributed by atoms with E-state index in [1.165, 1.54) is 7.11 Å². The highest BCUT2D eigenvalue weighted by Crippen LogP contribution is 2.23. The van der Waals surface area contributed by atoms with Crippen LogP contribution in [0, 0.1) is 5.92 Å². The van der Waals surface area contributed by atoms with Gasteiger partial charge in [-0.3, -0.25) is 0 Å². The number of nitrogens with two attached hydrogens (primary N) is 1. The van der Waals surface area contributed by atoms with Crippen molar-refractivity contribution in [1.82, 2.24) is 0 Å². The van der Waals surface area contributed by atoms with Crippen LogP contribution in [0.4, 0.5) is 8.78 Å². The molecule has 0 spiro atoms. The highest BCUT2D eigenvalue weighted by atomic mass is 19.3. The summed E-state index contributed by atoms with van der Waals surface area (Å²) in [5.74, 6) is -0.169. The van der Waals surface area contributed by atoms with E-state index in [-0.39, 0.29) is 13.0 Å². The van der Waals surface area contributed by atoms with Crippen LogP contribution in [0.3, 0.4) is 0 Å². The first-order chi connectivity index (χ1) is 7.19. The molecule has 0 aliphatic heterocycles. The molecule has 0 bridgehead atoms. The molecule has 0 aliphatic rings. The monoisotopic (exact) mass is 215 g/mol. The molecule has 2 N–H and O–H groups in total. The van der Waals surface area contributed by atoms with Crippen LogP contribution in [0.25, 0.3) is 0 Å². The third-order valence-corrected chi connectivity index (χ3v) is 2.33. The zero-order valence-corrected chi connectivity index (χ0v) is 8.62. The topological polar surface area (TPSA) is 35.2 Å². The Morgan fingerprint density at radius 2 is 2.00 bits per heavy atom. The van der Waals surface area contributed by atoms with E-state index in [9.17, 15) is 8.78 Å². The second-order valence-electron chi connectivity index (χ2n) is 3.35. The number of halogens is 2. The standard InChI is InChI=1S/C11H15F2NO/c1-15-10-5-3-2-4-8(10)6-9(7-14)11(12)13/h2-5,9,11H,6-7,14H2,1H3. The number of alkyl halides is 2. The SMILES string of the molecule is COc1ccccc1CC(CN)C(F)F. The van der Waals surface area contributed by atoms with E-state index in [1.54, 1.807) is 18.2 Å². The summed E-state index contributed by atoms with van der Waals surface area (Å²) >= 11 is 0. The van der Waals surface area contributed by atoms with Crippen molar-refractivity contribution >= 4 is 0 Å². The molecule has 0 saturated heterocycles. The van der Waals surface area contributed by atoms with Gasteiger partial charge in [0.25, 0.3) is 0 Å². The Morgan fingerprint density at radius 3 is 2.53 bits per heavy atom. The van der Waals surface area contributed by atoms with E-state index in [2.05, 4.69) is 0 Å². The van der Waals surface area contributed by atoms with Gasteiger partial charge in [-0.1, -0.05) is 18.2 Å². The molecular formula is C11H15F2NO. The van der Waals surface area contributed by atoms with Crippen LogP contribution < -0.4 is 10.5 Å². The molecule has 0 amide bonds. The van der Waals surface area contributed by atoms with Gasteiger partial charge in [0.05, 0.1) is 7.11 Å². The van der Waals surface area contributed by atoms with Gasteiger partial charge < -0.3 is 10.5 Å². The molecule has 1 aromatic carbocycles. The van der Waals surface area contributed by atoms with Crippen molar-refractivity contribution in [2.24, 2.45) is 11.7 Å². The Hall–Kier alpha value is -1.16. The lowest BCUT2D eigenvalue weighted by Gasteiger charge is -2.15. The first-order valence-electron chi connectivity index (χ1n) is 4.79. The number of benzene rings is 1. The summed E-state index contributed by atoms with van der Waals surface area (Å²) < 4.78 is 30.1. The number of rotatable bonds is 5. The van der Waals surface area contributed by atoms with Crippen LogP contribution in [0.15, 0.2) is 24.3 Å². The van der Waals surface area contributed by atoms with Crippen LogP contribution in [-0.2, 0) is 6.42 Å². The van der Waals surface area contributed by atoms with Crippen LogP contribution in [-0.4, -0.2) is 20.1 Å².